The number of para-hydroxylation sites is 1. The van der Waals surface area contributed by atoms with Crippen molar-refractivity contribution in [2.24, 2.45) is 0 Å². The van der Waals surface area contributed by atoms with Crippen molar-refractivity contribution in [3.63, 3.8) is 0 Å². The lowest BCUT2D eigenvalue weighted by atomic mass is 9.98. The molecule has 0 spiro atoms. The highest BCUT2D eigenvalue weighted by Crippen LogP contribution is 2.24. The minimum atomic E-state index is -0.773. The van der Waals surface area contributed by atoms with Crippen molar-refractivity contribution < 1.29 is 14.6 Å². The number of nitrogens with zero attached hydrogens (tertiary/aromatic N) is 1. The van der Waals surface area contributed by atoms with Crippen molar-refractivity contribution in [1.82, 2.24) is 4.90 Å². The Morgan fingerprint density at radius 2 is 1.92 bits per heavy atom. The zero-order valence-electron chi connectivity index (χ0n) is 14.2. The van der Waals surface area contributed by atoms with Crippen LogP contribution in [-0.2, 0) is 9.53 Å². The molecule has 1 aromatic rings. The van der Waals surface area contributed by atoms with Crippen LogP contribution in [0.25, 0.3) is 0 Å². The Morgan fingerprint density at radius 3 is 2.67 bits per heavy atom. The first-order chi connectivity index (χ1) is 11.7. The number of aliphatic hydroxyl groups excluding tert-OH is 1. The number of rotatable bonds is 5. The van der Waals surface area contributed by atoms with Crippen LogP contribution in [0.2, 0.25) is 0 Å². The van der Waals surface area contributed by atoms with Gasteiger partial charge < -0.3 is 20.1 Å². The van der Waals surface area contributed by atoms with Crippen molar-refractivity contribution in [2.45, 2.75) is 56.8 Å². The highest BCUT2D eigenvalue weighted by Gasteiger charge is 2.35. The molecule has 0 unspecified atom stereocenters. The second-order valence-electron chi connectivity index (χ2n) is 6.87. The van der Waals surface area contributed by atoms with Gasteiger partial charge in [0.1, 0.15) is 0 Å². The summed E-state index contributed by atoms with van der Waals surface area (Å²) in [5.74, 6) is -0.253. The number of carbonyl (C=O) groups is 1. The summed E-state index contributed by atoms with van der Waals surface area (Å²) in [7, 11) is 0. The quantitative estimate of drug-likeness (QED) is 0.869. The lowest BCUT2D eigenvalue weighted by molar-refractivity contribution is -0.153. The predicted octanol–water partition coefficient (Wildman–Crippen LogP) is 2.41. The first kappa shape index (κ1) is 17.4. The fraction of sp³-hybridized carbons (Fsp3) is 0.632. The van der Waals surface area contributed by atoms with Gasteiger partial charge in [-0.3, -0.25) is 4.79 Å². The number of likely N-dealkylation sites (tertiary alicyclic amines) is 1. The molecular weight excluding hydrogens is 304 g/mol. The largest absolute Gasteiger partial charge is 0.390 e. The van der Waals surface area contributed by atoms with Crippen LogP contribution >= 0.6 is 0 Å². The zero-order valence-corrected chi connectivity index (χ0v) is 14.2. The molecule has 3 atom stereocenters. The normalized spacial score (nSPS) is 28.5. The molecule has 24 heavy (non-hydrogen) atoms. The molecule has 2 fully saturated rings. The number of benzene rings is 1. The average Bonchev–Trinajstić information content (AvgIpc) is 2.62. The van der Waals surface area contributed by atoms with Crippen molar-refractivity contribution in [3.8, 4) is 0 Å². The molecule has 2 aliphatic heterocycles. The third-order valence-electron chi connectivity index (χ3n) is 4.99. The van der Waals surface area contributed by atoms with E-state index in [9.17, 15) is 9.90 Å². The minimum Gasteiger partial charge on any atom is -0.390 e. The Kier molecular flexibility index (Phi) is 6.24. The first-order valence-corrected chi connectivity index (χ1v) is 9.14. The molecule has 2 N–H and O–H groups in total. The minimum absolute atomic E-state index is 0.0573. The molecule has 0 saturated carbocycles. The number of hydrogen-bond donors (Lipinski definition) is 2. The van der Waals surface area contributed by atoms with E-state index in [1.54, 1.807) is 0 Å². The van der Waals surface area contributed by atoms with E-state index in [0.29, 0.717) is 6.42 Å². The van der Waals surface area contributed by atoms with Crippen LogP contribution in [0.3, 0.4) is 0 Å². The highest BCUT2D eigenvalue weighted by atomic mass is 16.5. The molecule has 0 bridgehead atoms. The summed E-state index contributed by atoms with van der Waals surface area (Å²) in [6.07, 6.45) is 4.85. The summed E-state index contributed by atoms with van der Waals surface area (Å²) < 4.78 is 5.94. The molecule has 2 heterocycles. The van der Waals surface area contributed by atoms with Gasteiger partial charge in [-0.05, 0) is 57.3 Å². The second kappa shape index (κ2) is 8.60. The maximum absolute atomic E-state index is 12.4. The molecule has 1 aromatic carbocycles. The lowest BCUT2D eigenvalue weighted by Crippen LogP contribution is -2.47. The van der Waals surface area contributed by atoms with E-state index in [0.717, 1.165) is 25.1 Å². The summed E-state index contributed by atoms with van der Waals surface area (Å²) in [5, 5.41) is 13.0. The van der Waals surface area contributed by atoms with Crippen LogP contribution in [0.1, 0.15) is 38.5 Å². The predicted molar refractivity (Wildman–Crippen MR) is 93.9 cm³/mol. The van der Waals surface area contributed by atoms with Gasteiger partial charge in [-0.15, -0.1) is 0 Å². The van der Waals surface area contributed by atoms with E-state index in [1.807, 2.05) is 30.3 Å². The molecule has 2 aliphatic rings. The van der Waals surface area contributed by atoms with Gasteiger partial charge in [-0.2, -0.15) is 0 Å². The van der Waals surface area contributed by atoms with Gasteiger partial charge in [0.25, 0.3) is 5.91 Å². The molecular formula is C19H28N2O3. The Balaban J connectivity index is 1.50. The molecule has 3 rings (SSSR count). The third-order valence-corrected chi connectivity index (χ3v) is 4.99. The van der Waals surface area contributed by atoms with Gasteiger partial charge in [0, 0.05) is 12.2 Å². The number of hydrogen-bond acceptors (Lipinski definition) is 4. The fourth-order valence-electron chi connectivity index (χ4n) is 3.57. The standard InChI is InChI=1S/C19H28N2O3/c22-17-10-9-16(11-14-21-12-5-2-6-13-21)24-18(17)19(23)20-15-7-3-1-4-8-15/h1,3-4,7-8,16-18,22H,2,5-6,9-14H2,(H,20,23)/t16-,17-,18-/m0/s1. The van der Waals surface area contributed by atoms with Crippen molar-refractivity contribution in [1.29, 1.82) is 0 Å². The highest BCUT2D eigenvalue weighted by molar-refractivity contribution is 5.94. The van der Waals surface area contributed by atoms with Crippen LogP contribution in [0.15, 0.2) is 30.3 Å². The Bertz CT molecular complexity index is 517. The smallest absolute Gasteiger partial charge is 0.256 e. The summed E-state index contributed by atoms with van der Waals surface area (Å²) in [5.41, 5.74) is 0.730. The summed E-state index contributed by atoms with van der Waals surface area (Å²) in [4.78, 5) is 14.9. The molecule has 5 nitrogen and oxygen atoms in total. The lowest BCUT2D eigenvalue weighted by Gasteiger charge is -2.34. The van der Waals surface area contributed by atoms with Crippen LogP contribution in [0.4, 0.5) is 5.69 Å². The van der Waals surface area contributed by atoms with E-state index in [-0.39, 0.29) is 12.0 Å². The fourth-order valence-corrected chi connectivity index (χ4v) is 3.57. The maximum Gasteiger partial charge on any atom is 0.256 e. The van der Waals surface area contributed by atoms with Gasteiger partial charge in [-0.25, -0.2) is 0 Å². The van der Waals surface area contributed by atoms with Crippen LogP contribution < -0.4 is 5.32 Å². The average molecular weight is 332 g/mol. The van der Waals surface area contributed by atoms with Gasteiger partial charge >= 0.3 is 0 Å². The number of nitrogens with one attached hydrogen (secondary N) is 1. The van der Waals surface area contributed by atoms with Crippen molar-refractivity contribution in [3.05, 3.63) is 30.3 Å². The number of piperidine rings is 1. The SMILES string of the molecule is O=C(Nc1ccccc1)[C@H]1O[C@H](CCN2CCCCC2)CC[C@@H]1O. The van der Waals surface area contributed by atoms with E-state index < -0.39 is 12.2 Å². The monoisotopic (exact) mass is 332 g/mol. The molecule has 1 amide bonds. The second-order valence-corrected chi connectivity index (χ2v) is 6.87. The zero-order chi connectivity index (χ0) is 16.8. The molecule has 0 radical (unpaired) electrons. The first-order valence-electron chi connectivity index (χ1n) is 9.14. The van der Waals surface area contributed by atoms with E-state index in [2.05, 4.69) is 10.2 Å². The van der Waals surface area contributed by atoms with Crippen LogP contribution in [-0.4, -0.2) is 53.9 Å². The summed E-state index contributed by atoms with van der Waals surface area (Å²) in [6.45, 7) is 3.37. The van der Waals surface area contributed by atoms with Gasteiger partial charge in [0.05, 0.1) is 12.2 Å². The summed E-state index contributed by atoms with van der Waals surface area (Å²) >= 11 is 0. The van der Waals surface area contributed by atoms with E-state index >= 15 is 0 Å². The maximum atomic E-state index is 12.4. The van der Waals surface area contributed by atoms with Crippen LogP contribution in [0.5, 0.6) is 0 Å². The van der Waals surface area contributed by atoms with E-state index in [1.165, 1.54) is 32.4 Å². The number of carbonyl (C=O) groups excluding carboxylic acids is 1. The third kappa shape index (κ3) is 4.79. The Labute approximate surface area is 144 Å². The molecule has 132 valence electrons. The van der Waals surface area contributed by atoms with Gasteiger partial charge in [0.15, 0.2) is 6.10 Å². The molecule has 5 heteroatoms. The van der Waals surface area contributed by atoms with Crippen LogP contribution in [0, 0.1) is 0 Å². The Morgan fingerprint density at radius 1 is 1.17 bits per heavy atom. The van der Waals surface area contributed by atoms with Gasteiger partial charge in [0.2, 0.25) is 0 Å². The van der Waals surface area contributed by atoms with E-state index in [4.69, 9.17) is 4.74 Å². The molecule has 2 saturated heterocycles. The van der Waals surface area contributed by atoms with Crippen molar-refractivity contribution in [2.75, 3.05) is 25.0 Å². The number of ether oxygens (including phenoxy) is 1. The number of aliphatic hydroxyl groups is 1. The topological polar surface area (TPSA) is 61.8 Å². The molecule has 0 aromatic heterocycles. The number of anilines is 1. The molecule has 0 aliphatic carbocycles. The Hall–Kier alpha value is -1.43. The van der Waals surface area contributed by atoms with Crippen molar-refractivity contribution >= 4 is 11.6 Å². The summed E-state index contributed by atoms with van der Waals surface area (Å²) in [6, 6.07) is 9.31. The van der Waals surface area contributed by atoms with Gasteiger partial charge in [-0.1, -0.05) is 24.6 Å². The number of amides is 1.